The molecule has 0 aliphatic rings. The van der Waals surface area contributed by atoms with Crippen molar-refractivity contribution in [3.8, 4) is 0 Å². The normalized spacial score (nSPS) is 12.2. The smallest absolute Gasteiger partial charge is 0.243 e. The van der Waals surface area contributed by atoms with Gasteiger partial charge in [0.1, 0.15) is 0 Å². The number of nitrogens with two attached hydrogens (primary N) is 1. The van der Waals surface area contributed by atoms with E-state index in [-0.39, 0.29) is 11.9 Å². The second-order valence-corrected chi connectivity index (χ2v) is 1.85. The van der Waals surface area contributed by atoms with Crippen LogP contribution in [0.3, 0.4) is 0 Å². The molecule has 3 N–H and O–H groups in total. The molecule has 1 amide bonds. The Morgan fingerprint density at radius 2 is 2.56 bits per heavy atom. The highest BCUT2D eigenvalue weighted by Gasteiger charge is 1.98. The molecule has 0 aliphatic heterocycles. The van der Waals surface area contributed by atoms with Crippen LogP contribution in [0.4, 0.5) is 0 Å². The Bertz CT molecular complexity index is 112. The van der Waals surface area contributed by atoms with Gasteiger partial charge < -0.3 is 11.1 Å². The minimum Gasteiger partial charge on any atom is -0.349 e. The molecule has 0 aromatic heterocycles. The van der Waals surface area contributed by atoms with E-state index in [0.29, 0.717) is 6.54 Å². The van der Waals surface area contributed by atoms with Gasteiger partial charge in [-0.3, -0.25) is 4.79 Å². The predicted molar refractivity (Wildman–Crippen MR) is 36.9 cm³/mol. The number of carbonyl (C=O) groups is 1. The van der Waals surface area contributed by atoms with Crippen LogP contribution < -0.4 is 11.1 Å². The van der Waals surface area contributed by atoms with Gasteiger partial charge in [-0.25, -0.2) is 0 Å². The Labute approximate surface area is 54.9 Å². The monoisotopic (exact) mass is 128 g/mol. The van der Waals surface area contributed by atoms with E-state index < -0.39 is 0 Å². The minimum absolute atomic E-state index is 0.0375. The quantitative estimate of drug-likeness (QED) is 0.510. The molecule has 0 saturated heterocycles. The summed E-state index contributed by atoms with van der Waals surface area (Å²) in [5, 5.41) is 2.60. The zero-order valence-electron chi connectivity index (χ0n) is 5.55. The zero-order valence-corrected chi connectivity index (χ0v) is 5.55. The van der Waals surface area contributed by atoms with Gasteiger partial charge in [0.25, 0.3) is 0 Å². The van der Waals surface area contributed by atoms with Crippen LogP contribution in [0.25, 0.3) is 0 Å². The molecule has 9 heavy (non-hydrogen) atoms. The van der Waals surface area contributed by atoms with Gasteiger partial charge in [-0.1, -0.05) is 6.58 Å². The van der Waals surface area contributed by atoms with Gasteiger partial charge in [0, 0.05) is 12.6 Å². The van der Waals surface area contributed by atoms with Gasteiger partial charge in [-0.2, -0.15) is 0 Å². The molecule has 1 unspecified atom stereocenters. The summed E-state index contributed by atoms with van der Waals surface area (Å²) in [7, 11) is 0. The SMILES string of the molecule is C=CC(=O)NC(C)CN. The van der Waals surface area contributed by atoms with Gasteiger partial charge >= 0.3 is 0 Å². The summed E-state index contributed by atoms with van der Waals surface area (Å²) >= 11 is 0. The molecule has 0 heterocycles. The Morgan fingerprint density at radius 1 is 2.00 bits per heavy atom. The molecule has 0 saturated carbocycles. The third kappa shape index (κ3) is 3.73. The Hall–Kier alpha value is -0.830. The minimum atomic E-state index is -0.173. The molecule has 0 fully saturated rings. The van der Waals surface area contributed by atoms with E-state index >= 15 is 0 Å². The molecule has 3 heteroatoms. The first-order chi connectivity index (χ1) is 4.20. The fourth-order valence-electron chi connectivity index (χ4n) is 0.361. The highest BCUT2D eigenvalue weighted by Crippen LogP contribution is 1.75. The van der Waals surface area contributed by atoms with Gasteiger partial charge in [-0.15, -0.1) is 0 Å². The second-order valence-electron chi connectivity index (χ2n) is 1.85. The molecule has 0 radical (unpaired) electrons. The van der Waals surface area contributed by atoms with Crippen molar-refractivity contribution in [3.05, 3.63) is 12.7 Å². The molecule has 3 nitrogen and oxygen atoms in total. The van der Waals surface area contributed by atoms with Crippen LogP contribution >= 0.6 is 0 Å². The molecule has 52 valence electrons. The summed E-state index contributed by atoms with van der Waals surface area (Å²) in [6.45, 7) is 5.59. The topological polar surface area (TPSA) is 55.1 Å². The summed E-state index contributed by atoms with van der Waals surface area (Å²) < 4.78 is 0. The number of amides is 1. The first kappa shape index (κ1) is 8.17. The molecule has 0 aromatic rings. The second kappa shape index (κ2) is 4.09. The molecule has 1 atom stereocenters. The van der Waals surface area contributed by atoms with Crippen molar-refractivity contribution in [2.24, 2.45) is 5.73 Å². The zero-order chi connectivity index (χ0) is 7.28. The molecular formula is C6H12N2O. The maximum Gasteiger partial charge on any atom is 0.243 e. The third-order valence-electron chi connectivity index (χ3n) is 0.928. The summed E-state index contributed by atoms with van der Waals surface area (Å²) in [5.74, 6) is -0.173. The fraction of sp³-hybridized carbons (Fsp3) is 0.500. The molecule has 0 bridgehead atoms. The van der Waals surface area contributed by atoms with Crippen LogP contribution in [-0.2, 0) is 4.79 Å². The van der Waals surface area contributed by atoms with Crippen LogP contribution in [0.5, 0.6) is 0 Å². The van der Waals surface area contributed by atoms with Gasteiger partial charge in [0.2, 0.25) is 5.91 Å². The Morgan fingerprint density at radius 3 is 2.89 bits per heavy atom. The summed E-state index contributed by atoms with van der Waals surface area (Å²) in [5.41, 5.74) is 5.23. The average Bonchev–Trinajstić information content (AvgIpc) is 1.87. The van der Waals surface area contributed by atoms with Crippen LogP contribution in [0, 0.1) is 0 Å². The number of rotatable bonds is 3. The largest absolute Gasteiger partial charge is 0.349 e. The van der Waals surface area contributed by atoms with Crippen LogP contribution in [-0.4, -0.2) is 18.5 Å². The summed E-state index contributed by atoms with van der Waals surface area (Å²) in [4.78, 5) is 10.5. The average molecular weight is 128 g/mol. The molecule has 0 aromatic carbocycles. The van der Waals surface area contributed by atoms with Crippen LogP contribution in [0.2, 0.25) is 0 Å². The van der Waals surface area contributed by atoms with E-state index in [9.17, 15) is 4.79 Å². The van der Waals surface area contributed by atoms with Crippen LogP contribution in [0.1, 0.15) is 6.92 Å². The van der Waals surface area contributed by atoms with Gasteiger partial charge in [0.15, 0.2) is 0 Å². The number of hydrogen-bond acceptors (Lipinski definition) is 2. The van der Waals surface area contributed by atoms with E-state index in [1.165, 1.54) is 6.08 Å². The van der Waals surface area contributed by atoms with Crippen molar-refractivity contribution in [1.82, 2.24) is 5.32 Å². The number of hydrogen-bond donors (Lipinski definition) is 2. The van der Waals surface area contributed by atoms with Crippen molar-refractivity contribution in [2.45, 2.75) is 13.0 Å². The lowest BCUT2D eigenvalue weighted by molar-refractivity contribution is -0.117. The molecule has 0 aliphatic carbocycles. The summed E-state index contributed by atoms with van der Waals surface area (Å²) in [6, 6.07) is 0.0375. The lowest BCUT2D eigenvalue weighted by atomic mass is 10.3. The number of carbonyl (C=O) groups excluding carboxylic acids is 1. The maximum atomic E-state index is 10.5. The third-order valence-corrected chi connectivity index (χ3v) is 0.928. The van der Waals surface area contributed by atoms with E-state index in [0.717, 1.165) is 0 Å². The Balaban J connectivity index is 3.46. The van der Waals surface area contributed by atoms with Crippen molar-refractivity contribution < 1.29 is 4.79 Å². The molecule has 0 spiro atoms. The first-order valence-corrected chi connectivity index (χ1v) is 2.83. The van der Waals surface area contributed by atoms with Crippen molar-refractivity contribution in [1.29, 1.82) is 0 Å². The fourth-order valence-corrected chi connectivity index (χ4v) is 0.361. The van der Waals surface area contributed by atoms with E-state index in [1.54, 1.807) is 0 Å². The summed E-state index contributed by atoms with van der Waals surface area (Å²) in [6.07, 6.45) is 1.23. The van der Waals surface area contributed by atoms with E-state index in [4.69, 9.17) is 5.73 Å². The van der Waals surface area contributed by atoms with Crippen molar-refractivity contribution in [2.75, 3.05) is 6.54 Å². The van der Waals surface area contributed by atoms with Gasteiger partial charge in [-0.05, 0) is 13.0 Å². The Kier molecular flexibility index (Phi) is 3.71. The highest BCUT2D eigenvalue weighted by molar-refractivity contribution is 5.87. The van der Waals surface area contributed by atoms with Gasteiger partial charge in [0.05, 0.1) is 0 Å². The van der Waals surface area contributed by atoms with E-state index in [1.807, 2.05) is 6.92 Å². The lowest BCUT2D eigenvalue weighted by Crippen LogP contribution is -2.36. The standard InChI is InChI=1S/C6H12N2O/c1-3-6(9)8-5(2)4-7/h3,5H,1,4,7H2,2H3,(H,8,9). The van der Waals surface area contributed by atoms with Crippen molar-refractivity contribution >= 4 is 5.91 Å². The van der Waals surface area contributed by atoms with E-state index in [2.05, 4.69) is 11.9 Å². The van der Waals surface area contributed by atoms with Crippen LogP contribution in [0.15, 0.2) is 12.7 Å². The first-order valence-electron chi connectivity index (χ1n) is 2.83. The number of nitrogens with one attached hydrogen (secondary N) is 1. The lowest BCUT2D eigenvalue weighted by Gasteiger charge is -2.07. The van der Waals surface area contributed by atoms with Crippen molar-refractivity contribution in [3.63, 3.8) is 0 Å². The molecule has 0 rings (SSSR count). The maximum absolute atomic E-state index is 10.5. The molecular weight excluding hydrogens is 116 g/mol. The highest BCUT2D eigenvalue weighted by atomic mass is 16.1. The predicted octanol–water partition coefficient (Wildman–Crippen LogP) is -0.364.